The quantitative estimate of drug-likeness (QED) is 0.461. The molecule has 2 aromatic carbocycles. The lowest BCUT2D eigenvalue weighted by atomic mass is 9.94. The third-order valence-electron chi connectivity index (χ3n) is 4.89. The Bertz CT molecular complexity index is 769. The summed E-state index contributed by atoms with van der Waals surface area (Å²) in [4.78, 5) is 22.4. The first kappa shape index (κ1) is 22.6. The van der Waals surface area contributed by atoms with Crippen molar-refractivity contribution in [1.82, 2.24) is 0 Å². The van der Waals surface area contributed by atoms with Crippen molar-refractivity contribution in [2.24, 2.45) is 0 Å². The second kappa shape index (κ2) is 11.3. The van der Waals surface area contributed by atoms with Crippen LogP contribution in [0, 0.1) is 0 Å². The predicted molar refractivity (Wildman–Crippen MR) is 109 cm³/mol. The number of aliphatic hydroxyl groups is 1. The smallest absolute Gasteiger partial charge is 0.337 e. The Morgan fingerprint density at radius 2 is 1.72 bits per heavy atom. The molecular weight excluding hydrogens is 372 g/mol. The fourth-order valence-electron chi connectivity index (χ4n) is 2.97. The van der Waals surface area contributed by atoms with Gasteiger partial charge in [-0.1, -0.05) is 31.2 Å². The van der Waals surface area contributed by atoms with Crippen LogP contribution < -0.4 is 4.74 Å². The van der Waals surface area contributed by atoms with Gasteiger partial charge < -0.3 is 24.1 Å². The third kappa shape index (κ3) is 6.69. The molecular formula is C23H28O6. The van der Waals surface area contributed by atoms with Gasteiger partial charge >= 0.3 is 5.97 Å². The Kier molecular flexibility index (Phi) is 8.83. The molecule has 0 amide bonds. The predicted octanol–water partition coefficient (Wildman–Crippen LogP) is 3.16. The second-order valence-electron chi connectivity index (χ2n) is 6.89. The summed E-state index contributed by atoms with van der Waals surface area (Å²) in [5.41, 5.74) is 2.58. The lowest BCUT2D eigenvalue weighted by Crippen LogP contribution is -2.20. The van der Waals surface area contributed by atoms with Gasteiger partial charge in [0.15, 0.2) is 0 Å². The molecule has 0 saturated heterocycles. The number of aryl methyl sites for hydroxylation is 1. The molecule has 6 nitrogen and oxygen atoms in total. The number of aldehydes is 1. The molecule has 0 saturated carbocycles. The van der Waals surface area contributed by atoms with E-state index in [4.69, 9.17) is 9.47 Å². The van der Waals surface area contributed by atoms with Gasteiger partial charge in [0.2, 0.25) is 0 Å². The number of benzene rings is 2. The summed E-state index contributed by atoms with van der Waals surface area (Å²) in [5.74, 6) is 0.162. The molecule has 3 atom stereocenters. The zero-order chi connectivity index (χ0) is 21.2. The van der Waals surface area contributed by atoms with Gasteiger partial charge in [0.25, 0.3) is 0 Å². The normalized spacial score (nSPS) is 13.9. The first-order valence-electron chi connectivity index (χ1n) is 9.54. The number of ether oxygens (including phenoxy) is 3. The van der Waals surface area contributed by atoms with E-state index in [9.17, 15) is 14.7 Å². The van der Waals surface area contributed by atoms with Crippen LogP contribution in [0.25, 0.3) is 0 Å². The van der Waals surface area contributed by atoms with Crippen molar-refractivity contribution in [1.29, 1.82) is 0 Å². The molecule has 0 fully saturated rings. The molecule has 156 valence electrons. The lowest BCUT2D eigenvalue weighted by molar-refractivity contribution is -0.117. The molecule has 1 N–H and O–H groups in total. The fourth-order valence-corrected chi connectivity index (χ4v) is 2.97. The molecule has 29 heavy (non-hydrogen) atoms. The van der Waals surface area contributed by atoms with Crippen LogP contribution in [0.1, 0.15) is 40.7 Å². The third-order valence-corrected chi connectivity index (χ3v) is 4.89. The Labute approximate surface area is 171 Å². The minimum absolute atomic E-state index is 0.0175. The zero-order valence-corrected chi connectivity index (χ0v) is 17.0. The molecule has 0 bridgehead atoms. The number of rotatable bonds is 11. The topological polar surface area (TPSA) is 82.1 Å². The highest BCUT2D eigenvalue weighted by Crippen LogP contribution is 2.21. The number of carbonyl (C=O) groups excluding carboxylic acids is 2. The number of aliphatic hydroxyl groups excluding tert-OH is 1. The van der Waals surface area contributed by atoms with Gasteiger partial charge in [-0.05, 0) is 48.2 Å². The van der Waals surface area contributed by atoms with E-state index in [2.05, 4.69) is 4.74 Å². The maximum Gasteiger partial charge on any atom is 0.337 e. The molecule has 0 heterocycles. The molecule has 2 rings (SSSR count). The molecule has 0 aliphatic rings. The van der Waals surface area contributed by atoms with Gasteiger partial charge in [-0.3, -0.25) is 0 Å². The Hall–Kier alpha value is -2.70. The zero-order valence-electron chi connectivity index (χ0n) is 17.0. The summed E-state index contributed by atoms with van der Waals surface area (Å²) in [5, 5.41) is 10.2. The number of methoxy groups -OCH3 is 2. The van der Waals surface area contributed by atoms with Crippen LogP contribution in [-0.2, 0) is 20.7 Å². The summed E-state index contributed by atoms with van der Waals surface area (Å²) in [6, 6.07) is 14.6. The Balaban J connectivity index is 1.79. The van der Waals surface area contributed by atoms with E-state index in [1.807, 2.05) is 31.2 Å². The van der Waals surface area contributed by atoms with Crippen LogP contribution >= 0.6 is 0 Å². The molecule has 0 aromatic heterocycles. The molecule has 2 aromatic rings. The van der Waals surface area contributed by atoms with Gasteiger partial charge in [-0.2, -0.15) is 0 Å². The minimum atomic E-state index is -0.609. The monoisotopic (exact) mass is 400 g/mol. The van der Waals surface area contributed by atoms with Crippen LogP contribution in [-0.4, -0.2) is 50.4 Å². The Morgan fingerprint density at radius 1 is 1.07 bits per heavy atom. The maximum absolute atomic E-state index is 11.4. The van der Waals surface area contributed by atoms with E-state index in [1.54, 1.807) is 24.3 Å². The van der Waals surface area contributed by atoms with Crippen molar-refractivity contribution in [2.45, 2.75) is 37.9 Å². The number of carbonyl (C=O) groups is 2. The largest absolute Gasteiger partial charge is 0.491 e. The molecule has 0 aliphatic heterocycles. The summed E-state index contributed by atoms with van der Waals surface area (Å²) < 4.78 is 15.4. The van der Waals surface area contributed by atoms with Gasteiger partial charge in [-0.25, -0.2) is 4.79 Å². The van der Waals surface area contributed by atoms with Crippen molar-refractivity contribution in [2.75, 3.05) is 20.8 Å². The molecule has 0 spiro atoms. The molecule has 0 radical (unpaired) electrons. The summed E-state index contributed by atoms with van der Waals surface area (Å²) >= 11 is 0. The second-order valence-corrected chi connectivity index (χ2v) is 6.89. The average Bonchev–Trinajstić information content (AvgIpc) is 2.77. The summed E-state index contributed by atoms with van der Waals surface area (Å²) in [7, 11) is 2.86. The number of esters is 1. The Morgan fingerprint density at radius 3 is 2.28 bits per heavy atom. The lowest BCUT2D eigenvalue weighted by Gasteiger charge is -2.18. The first-order valence-corrected chi connectivity index (χ1v) is 9.54. The van der Waals surface area contributed by atoms with Crippen molar-refractivity contribution in [3.05, 3.63) is 65.2 Å². The molecule has 0 aliphatic carbocycles. The van der Waals surface area contributed by atoms with Crippen LogP contribution in [0.4, 0.5) is 0 Å². The van der Waals surface area contributed by atoms with Gasteiger partial charge in [0.05, 0.1) is 18.8 Å². The molecule has 6 heteroatoms. The summed E-state index contributed by atoms with van der Waals surface area (Å²) in [6.07, 6.45) is 1.02. The highest BCUT2D eigenvalue weighted by Gasteiger charge is 2.17. The minimum Gasteiger partial charge on any atom is -0.491 e. The van der Waals surface area contributed by atoms with Crippen molar-refractivity contribution in [3.8, 4) is 5.75 Å². The van der Waals surface area contributed by atoms with Crippen LogP contribution in [0.15, 0.2) is 48.5 Å². The van der Waals surface area contributed by atoms with Gasteiger partial charge in [0, 0.05) is 13.0 Å². The SMILES string of the molecule is COC(=O)c1ccc(OCC(O)CCc2ccc(C(C)C(C=O)OC)cc2)cc1. The van der Waals surface area contributed by atoms with Crippen LogP contribution in [0.2, 0.25) is 0 Å². The van der Waals surface area contributed by atoms with E-state index in [-0.39, 0.29) is 12.5 Å². The first-order chi connectivity index (χ1) is 14.0. The van der Waals surface area contributed by atoms with E-state index in [0.29, 0.717) is 24.2 Å². The van der Waals surface area contributed by atoms with Gasteiger partial charge in [-0.15, -0.1) is 0 Å². The summed E-state index contributed by atoms with van der Waals surface area (Å²) in [6.45, 7) is 2.12. The van der Waals surface area contributed by atoms with E-state index < -0.39 is 18.2 Å². The van der Waals surface area contributed by atoms with Crippen molar-refractivity contribution < 1.29 is 28.9 Å². The van der Waals surface area contributed by atoms with Crippen molar-refractivity contribution >= 4 is 12.3 Å². The number of hydrogen-bond donors (Lipinski definition) is 1. The van der Waals surface area contributed by atoms with E-state index in [0.717, 1.165) is 17.4 Å². The maximum atomic E-state index is 11.4. The number of hydrogen-bond acceptors (Lipinski definition) is 6. The standard InChI is InChI=1S/C23H28O6/c1-16(22(14-24)27-2)18-7-4-17(5-8-18)6-11-20(25)15-29-21-12-9-19(10-13-21)23(26)28-3/h4-5,7-10,12-14,16,20,22,25H,6,11,15H2,1-3H3. The van der Waals surface area contributed by atoms with E-state index >= 15 is 0 Å². The van der Waals surface area contributed by atoms with E-state index in [1.165, 1.54) is 14.2 Å². The van der Waals surface area contributed by atoms with Crippen LogP contribution in [0.5, 0.6) is 5.75 Å². The highest BCUT2D eigenvalue weighted by atomic mass is 16.5. The van der Waals surface area contributed by atoms with Crippen molar-refractivity contribution in [3.63, 3.8) is 0 Å². The van der Waals surface area contributed by atoms with Crippen LogP contribution in [0.3, 0.4) is 0 Å². The highest BCUT2D eigenvalue weighted by molar-refractivity contribution is 5.89. The van der Waals surface area contributed by atoms with Gasteiger partial charge in [0.1, 0.15) is 24.7 Å². The average molecular weight is 400 g/mol. The molecule has 3 unspecified atom stereocenters. The fraction of sp³-hybridized carbons (Fsp3) is 0.391.